The third-order valence-electron chi connectivity index (χ3n) is 3.73. The third kappa shape index (κ3) is 7.16. The van der Waals surface area contributed by atoms with E-state index in [4.69, 9.17) is 4.74 Å². The first-order valence-electron chi connectivity index (χ1n) is 7.54. The number of amides is 1. The SMILES string of the molecule is Cl.O=C(CC1CSCCN1)NCCCOC1CCCC1. The Balaban J connectivity index is 0.00000200. The van der Waals surface area contributed by atoms with Crippen molar-refractivity contribution in [3.05, 3.63) is 0 Å². The quantitative estimate of drug-likeness (QED) is 0.704. The maximum absolute atomic E-state index is 11.7. The van der Waals surface area contributed by atoms with Crippen LogP contribution >= 0.6 is 24.2 Å². The van der Waals surface area contributed by atoms with Gasteiger partial charge in [-0.15, -0.1) is 12.4 Å². The average Bonchev–Trinajstić information content (AvgIpc) is 2.92. The molecule has 2 rings (SSSR count). The van der Waals surface area contributed by atoms with Crippen molar-refractivity contribution in [3.63, 3.8) is 0 Å². The molecule has 6 heteroatoms. The molecule has 2 fully saturated rings. The summed E-state index contributed by atoms with van der Waals surface area (Å²) in [5.41, 5.74) is 0. The van der Waals surface area contributed by atoms with E-state index < -0.39 is 0 Å². The predicted octanol–water partition coefficient (Wildman–Crippen LogP) is 1.97. The topological polar surface area (TPSA) is 50.4 Å². The van der Waals surface area contributed by atoms with Crippen LogP contribution in [0, 0.1) is 0 Å². The Kier molecular flexibility index (Phi) is 9.68. The molecule has 0 spiro atoms. The van der Waals surface area contributed by atoms with Gasteiger partial charge in [-0.05, 0) is 19.3 Å². The van der Waals surface area contributed by atoms with Gasteiger partial charge in [0.25, 0.3) is 0 Å². The molecule has 0 aromatic carbocycles. The molecular weight excluding hydrogens is 296 g/mol. The summed E-state index contributed by atoms with van der Waals surface area (Å²) in [5.74, 6) is 2.38. The molecule has 1 aliphatic heterocycles. The van der Waals surface area contributed by atoms with Gasteiger partial charge in [-0.25, -0.2) is 0 Å². The van der Waals surface area contributed by atoms with E-state index in [0.29, 0.717) is 18.6 Å². The van der Waals surface area contributed by atoms with Gasteiger partial charge in [0, 0.05) is 43.7 Å². The summed E-state index contributed by atoms with van der Waals surface area (Å²) in [7, 11) is 0. The normalized spacial score (nSPS) is 23.3. The second-order valence-electron chi connectivity index (χ2n) is 5.41. The number of nitrogens with one attached hydrogen (secondary N) is 2. The highest BCUT2D eigenvalue weighted by Gasteiger charge is 2.17. The van der Waals surface area contributed by atoms with E-state index >= 15 is 0 Å². The number of hydrogen-bond donors (Lipinski definition) is 2. The highest BCUT2D eigenvalue weighted by molar-refractivity contribution is 7.99. The van der Waals surface area contributed by atoms with Crippen molar-refractivity contribution in [3.8, 4) is 0 Å². The lowest BCUT2D eigenvalue weighted by atomic mass is 10.2. The van der Waals surface area contributed by atoms with Crippen LogP contribution in [-0.4, -0.2) is 49.3 Å². The summed E-state index contributed by atoms with van der Waals surface area (Å²) in [4.78, 5) is 11.7. The van der Waals surface area contributed by atoms with Gasteiger partial charge in [0.15, 0.2) is 0 Å². The smallest absolute Gasteiger partial charge is 0.221 e. The summed E-state index contributed by atoms with van der Waals surface area (Å²) in [6, 6.07) is 0.355. The van der Waals surface area contributed by atoms with Gasteiger partial charge in [0.1, 0.15) is 0 Å². The molecule has 2 aliphatic rings. The minimum atomic E-state index is 0. The molecule has 1 aliphatic carbocycles. The van der Waals surface area contributed by atoms with E-state index in [9.17, 15) is 4.79 Å². The number of carbonyl (C=O) groups excluding carboxylic acids is 1. The van der Waals surface area contributed by atoms with E-state index in [2.05, 4.69) is 10.6 Å². The molecule has 1 saturated carbocycles. The van der Waals surface area contributed by atoms with E-state index in [1.54, 1.807) is 0 Å². The highest BCUT2D eigenvalue weighted by Crippen LogP contribution is 2.20. The monoisotopic (exact) mass is 322 g/mol. The average molecular weight is 323 g/mol. The van der Waals surface area contributed by atoms with Crippen LogP contribution < -0.4 is 10.6 Å². The van der Waals surface area contributed by atoms with Crippen LogP contribution in [-0.2, 0) is 9.53 Å². The maximum atomic E-state index is 11.7. The second-order valence-corrected chi connectivity index (χ2v) is 6.56. The molecule has 1 atom stereocenters. The molecule has 20 heavy (non-hydrogen) atoms. The fourth-order valence-corrected chi connectivity index (χ4v) is 3.60. The first kappa shape index (κ1) is 18.1. The third-order valence-corrected chi connectivity index (χ3v) is 4.86. The Bertz CT molecular complexity index is 270. The van der Waals surface area contributed by atoms with Crippen molar-refractivity contribution in [2.45, 2.75) is 50.7 Å². The summed E-state index contributed by atoms with van der Waals surface area (Å²) >= 11 is 1.93. The summed E-state index contributed by atoms with van der Waals surface area (Å²) in [6.45, 7) is 2.55. The largest absolute Gasteiger partial charge is 0.378 e. The molecule has 0 bridgehead atoms. The zero-order valence-corrected chi connectivity index (χ0v) is 13.7. The minimum absolute atomic E-state index is 0. The maximum Gasteiger partial charge on any atom is 0.221 e. The molecule has 1 amide bonds. The van der Waals surface area contributed by atoms with Crippen LogP contribution in [0.3, 0.4) is 0 Å². The molecular formula is C14H27ClN2O2S. The van der Waals surface area contributed by atoms with Crippen molar-refractivity contribution in [1.29, 1.82) is 0 Å². The second kappa shape index (κ2) is 10.7. The molecule has 1 heterocycles. The number of rotatable bonds is 7. The Hall–Kier alpha value is 0.0300. The lowest BCUT2D eigenvalue weighted by molar-refractivity contribution is -0.121. The molecule has 2 N–H and O–H groups in total. The minimum Gasteiger partial charge on any atom is -0.378 e. The molecule has 0 aromatic heterocycles. The van der Waals surface area contributed by atoms with Crippen molar-refractivity contribution in [2.24, 2.45) is 0 Å². The van der Waals surface area contributed by atoms with Crippen molar-refractivity contribution in [2.75, 3.05) is 31.2 Å². The van der Waals surface area contributed by atoms with E-state index in [0.717, 1.165) is 37.6 Å². The summed E-state index contributed by atoms with van der Waals surface area (Å²) in [6.07, 6.45) is 7.08. The van der Waals surface area contributed by atoms with Gasteiger partial charge in [-0.3, -0.25) is 4.79 Å². The first-order valence-corrected chi connectivity index (χ1v) is 8.69. The van der Waals surface area contributed by atoms with Crippen LogP contribution in [0.4, 0.5) is 0 Å². The Labute approximate surface area is 132 Å². The summed E-state index contributed by atoms with van der Waals surface area (Å²) in [5, 5.41) is 6.37. The van der Waals surface area contributed by atoms with Crippen molar-refractivity contribution in [1.82, 2.24) is 10.6 Å². The predicted molar refractivity (Wildman–Crippen MR) is 86.8 cm³/mol. The lowest BCUT2D eigenvalue weighted by Gasteiger charge is -2.22. The van der Waals surface area contributed by atoms with Gasteiger partial charge >= 0.3 is 0 Å². The number of halogens is 1. The van der Waals surface area contributed by atoms with Gasteiger partial charge in [-0.2, -0.15) is 11.8 Å². The molecule has 0 radical (unpaired) electrons. The van der Waals surface area contributed by atoms with Crippen LogP contribution in [0.2, 0.25) is 0 Å². The standard InChI is InChI=1S/C14H26N2O2S.ClH/c17-14(10-12-11-19-9-7-15-12)16-6-3-8-18-13-4-1-2-5-13;/h12-13,15H,1-11H2,(H,16,17);1H. The molecule has 0 aromatic rings. The summed E-state index contributed by atoms with van der Waals surface area (Å²) < 4.78 is 5.77. The number of thioether (sulfide) groups is 1. The van der Waals surface area contributed by atoms with E-state index in [1.165, 1.54) is 25.7 Å². The highest BCUT2D eigenvalue weighted by atomic mass is 35.5. The number of hydrogen-bond acceptors (Lipinski definition) is 4. The number of carbonyl (C=O) groups is 1. The van der Waals surface area contributed by atoms with Gasteiger partial charge in [0.05, 0.1) is 6.10 Å². The van der Waals surface area contributed by atoms with E-state index in [1.807, 2.05) is 11.8 Å². The van der Waals surface area contributed by atoms with E-state index in [-0.39, 0.29) is 18.3 Å². The van der Waals surface area contributed by atoms with Crippen molar-refractivity contribution < 1.29 is 9.53 Å². The Morgan fingerprint density at radius 1 is 1.35 bits per heavy atom. The van der Waals surface area contributed by atoms with Crippen LogP contribution in [0.1, 0.15) is 38.5 Å². The van der Waals surface area contributed by atoms with Gasteiger partial charge in [-0.1, -0.05) is 12.8 Å². The van der Waals surface area contributed by atoms with Crippen molar-refractivity contribution >= 4 is 30.1 Å². The number of ether oxygens (including phenoxy) is 1. The fourth-order valence-electron chi connectivity index (χ4n) is 2.65. The van der Waals surface area contributed by atoms with Crippen LogP contribution in [0.25, 0.3) is 0 Å². The lowest BCUT2D eigenvalue weighted by Crippen LogP contribution is -2.41. The fraction of sp³-hybridized carbons (Fsp3) is 0.929. The first-order chi connectivity index (χ1) is 9.34. The zero-order chi connectivity index (χ0) is 13.3. The van der Waals surface area contributed by atoms with Gasteiger partial charge < -0.3 is 15.4 Å². The molecule has 118 valence electrons. The van der Waals surface area contributed by atoms with Crippen LogP contribution in [0.15, 0.2) is 0 Å². The molecule has 4 nitrogen and oxygen atoms in total. The Morgan fingerprint density at radius 2 is 2.15 bits per heavy atom. The zero-order valence-electron chi connectivity index (χ0n) is 12.1. The molecule has 1 saturated heterocycles. The van der Waals surface area contributed by atoms with Gasteiger partial charge in [0.2, 0.25) is 5.91 Å². The Morgan fingerprint density at radius 3 is 2.85 bits per heavy atom. The van der Waals surface area contributed by atoms with Crippen LogP contribution in [0.5, 0.6) is 0 Å². The molecule has 1 unspecified atom stereocenters.